The molecule has 4 aromatic rings. The molecule has 178 valence electrons. The fraction of sp³-hybridized carbons (Fsp3) is 0.333. The Morgan fingerprint density at radius 2 is 1.45 bits per heavy atom. The zero-order valence-electron chi connectivity index (χ0n) is 21.3. The van der Waals surface area contributed by atoms with Gasteiger partial charge in [0.15, 0.2) is 5.01 Å². The third-order valence-electron chi connectivity index (χ3n) is 3.67. The fourth-order valence-corrected chi connectivity index (χ4v) is 3.30. The largest absolute Gasteiger partial charge is 0.439 e. The van der Waals surface area contributed by atoms with Crippen molar-refractivity contribution in [3.63, 3.8) is 0 Å². The van der Waals surface area contributed by atoms with Crippen molar-refractivity contribution >= 4 is 27.3 Å². The number of fused-ring (bicyclic) bond motifs is 1. The van der Waals surface area contributed by atoms with Crippen LogP contribution in [0.1, 0.15) is 76.3 Å². The predicted octanol–water partition coefficient (Wildman–Crippen LogP) is 8.52. The van der Waals surface area contributed by atoms with Gasteiger partial charge >= 0.3 is 0 Å². The van der Waals surface area contributed by atoms with Crippen LogP contribution >= 0.6 is 11.3 Å². The smallest absolute Gasteiger partial charge is 0.225 e. The van der Waals surface area contributed by atoms with Gasteiger partial charge < -0.3 is 4.74 Å². The van der Waals surface area contributed by atoms with Gasteiger partial charge in [-0.2, -0.15) is 0 Å². The van der Waals surface area contributed by atoms with Gasteiger partial charge in [0, 0.05) is 17.3 Å². The summed E-state index contributed by atoms with van der Waals surface area (Å²) in [6, 6.07) is 14.7. The summed E-state index contributed by atoms with van der Waals surface area (Å²) in [5, 5.41) is 0.488. The van der Waals surface area contributed by atoms with Crippen LogP contribution < -0.4 is 4.74 Å². The van der Waals surface area contributed by atoms with Crippen molar-refractivity contribution in [3.05, 3.63) is 77.2 Å². The van der Waals surface area contributed by atoms with Crippen LogP contribution in [0.4, 0.5) is 0 Å². The lowest BCUT2D eigenvalue weighted by Gasteiger charge is -2.06. The zero-order chi connectivity index (χ0) is 25.2. The maximum absolute atomic E-state index is 12.6. The Bertz CT molecular complexity index is 1030. The lowest BCUT2D eigenvalue weighted by atomic mass is 10.1. The number of rotatable bonds is 4. The molecule has 5 nitrogen and oxygen atoms in total. The third-order valence-corrected chi connectivity index (χ3v) is 4.70. The Kier molecular flexibility index (Phi) is 15.8. The number of para-hydroxylation sites is 1. The monoisotopic (exact) mass is 467 g/mol. The predicted molar refractivity (Wildman–Crippen MR) is 142 cm³/mol. The van der Waals surface area contributed by atoms with E-state index in [0.29, 0.717) is 22.2 Å². The normalized spacial score (nSPS) is 8.88. The highest BCUT2D eigenvalue weighted by atomic mass is 32.1. The van der Waals surface area contributed by atoms with Crippen LogP contribution in [0.2, 0.25) is 0 Å². The van der Waals surface area contributed by atoms with Crippen LogP contribution in [0.3, 0.4) is 0 Å². The maximum Gasteiger partial charge on any atom is 0.225 e. The molecule has 0 bridgehead atoms. The Balaban J connectivity index is 0.00000116. The molecule has 0 aliphatic carbocycles. The minimum atomic E-state index is -0.0917. The number of ketones is 1. The van der Waals surface area contributed by atoms with E-state index < -0.39 is 0 Å². The molecular weight excluding hydrogens is 430 g/mol. The zero-order valence-corrected chi connectivity index (χ0v) is 22.2. The summed E-state index contributed by atoms with van der Waals surface area (Å²) < 4.78 is 6.73. The second-order valence-electron chi connectivity index (χ2n) is 5.45. The molecule has 0 aliphatic rings. The summed E-state index contributed by atoms with van der Waals surface area (Å²) in [4.78, 5) is 25.1. The number of ether oxygens (including phenoxy) is 1. The number of carbonyl (C=O) groups is 1. The molecule has 33 heavy (non-hydrogen) atoms. The number of hydrogen-bond donors (Lipinski definition) is 0. The van der Waals surface area contributed by atoms with E-state index in [0.717, 1.165) is 15.8 Å². The molecule has 0 amide bonds. The Hall–Kier alpha value is -3.12. The summed E-state index contributed by atoms with van der Waals surface area (Å²) in [6.45, 7) is 17.9. The summed E-state index contributed by atoms with van der Waals surface area (Å²) in [7, 11) is 0. The number of aromatic nitrogens is 3. The van der Waals surface area contributed by atoms with Crippen LogP contribution in [-0.2, 0) is 0 Å². The fourth-order valence-electron chi connectivity index (χ4n) is 2.37. The van der Waals surface area contributed by atoms with Crippen LogP contribution in [0.15, 0.2) is 61.1 Å². The van der Waals surface area contributed by atoms with Crippen molar-refractivity contribution < 1.29 is 9.53 Å². The number of benzene rings is 2. The number of carbonyl (C=O) groups excluding carboxylic acids is 1. The minimum absolute atomic E-state index is 0.0917. The van der Waals surface area contributed by atoms with E-state index in [1.165, 1.54) is 17.7 Å². The van der Waals surface area contributed by atoms with Crippen molar-refractivity contribution in [1.82, 2.24) is 15.0 Å². The first-order valence-electron chi connectivity index (χ1n) is 11.7. The maximum atomic E-state index is 12.6. The average molecular weight is 468 g/mol. The molecule has 0 atom stereocenters. The summed E-state index contributed by atoms with van der Waals surface area (Å²) in [6.07, 6.45) is 3.13. The van der Waals surface area contributed by atoms with Crippen molar-refractivity contribution in [3.8, 4) is 11.6 Å². The van der Waals surface area contributed by atoms with Gasteiger partial charge in [-0.25, -0.2) is 15.0 Å². The van der Waals surface area contributed by atoms with Crippen LogP contribution in [0.5, 0.6) is 11.6 Å². The van der Waals surface area contributed by atoms with Gasteiger partial charge in [0.25, 0.3) is 0 Å². The molecule has 0 radical (unpaired) electrons. The van der Waals surface area contributed by atoms with E-state index in [4.69, 9.17) is 4.74 Å². The number of aryl methyl sites for hydroxylation is 1. The van der Waals surface area contributed by atoms with Crippen molar-refractivity contribution in [2.24, 2.45) is 0 Å². The molecule has 0 fully saturated rings. The molecule has 2 aromatic carbocycles. The molecular formula is C27H37N3O2S. The van der Waals surface area contributed by atoms with Gasteiger partial charge in [-0.3, -0.25) is 4.79 Å². The summed E-state index contributed by atoms with van der Waals surface area (Å²) >= 11 is 1.40. The third kappa shape index (κ3) is 8.73. The van der Waals surface area contributed by atoms with Gasteiger partial charge in [0.2, 0.25) is 11.7 Å². The molecule has 0 N–H and O–H groups in total. The first-order chi connectivity index (χ1) is 16.2. The SMILES string of the molecule is CC.CC.CC.CC.Cc1cncnc1Oc1ccc(C(=O)c2nc3ccccc3s2)cc1. The van der Waals surface area contributed by atoms with Crippen molar-refractivity contribution in [2.45, 2.75) is 62.3 Å². The molecule has 0 saturated carbocycles. The molecule has 0 saturated heterocycles. The van der Waals surface area contributed by atoms with Gasteiger partial charge in [0.05, 0.1) is 10.2 Å². The van der Waals surface area contributed by atoms with E-state index in [2.05, 4.69) is 15.0 Å². The second-order valence-corrected chi connectivity index (χ2v) is 6.48. The van der Waals surface area contributed by atoms with Gasteiger partial charge in [0.1, 0.15) is 12.1 Å². The first kappa shape index (κ1) is 29.9. The quantitative estimate of drug-likeness (QED) is 0.281. The van der Waals surface area contributed by atoms with Crippen LogP contribution in [0.25, 0.3) is 10.2 Å². The number of nitrogens with zero attached hydrogens (tertiary/aromatic N) is 3. The molecule has 2 heterocycles. The van der Waals surface area contributed by atoms with Gasteiger partial charge in [-0.1, -0.05) is 67.5 Å². The van der Waals surface area contributed by atoms with Crippen molar-refractivity contribution in [1.29, 1.82) is 0 Å². The highest BCUT2D eigenvalue weighted by molar-refractivity contribution is 7.20. The Morgan fingerprint density at radius 1 is 0.848 bits per heavy atom. The first-order valence-corrected chi connectivity index (χ1v) is 12.5. The van der Waals surface area contributed by atoms with E-state index >= 15 is 0 Å². The average Bonchev–Trinajstić information content (AvgIpc) is 3.35. The lowest BCUT2D eigenvalue weighted by molar-refractivity contribution is 0.103. The molecule has 6 heteroatoms. The Morgan fingerprint density at radius 3 is 2.03 bits per heavy atom. The second kappa shape index (κ2) is 17.4. The van der Waals surface area contributed by atoms with Gasteiger partial charge in [-0.15, -0.1) is 11.3 Å². The van der Waals surface area contributed by atoms with Gasteiger partial charge in [-0.05, 0) is 43.3 Å². The van der Waals surface area contributed by atoms with Crippen molar-refractivity contribution in [2.75, 3.05) is 0 Å². The summed E-state index contributed by atoms with van der Waals surface area (Å²) in [5.41, 5.74) is 2.26. The summed E-state index contributed by atoms with van der Waals surface area (Å²) in [5.74, 6) is 1.02. The topological polar surface area (TPSA) is 65.0 Å². The van der Waals surface area contributed by atoms with E-state index in [1.807, 2.05) is 86.6 Å². The molecule has 0 unspecified atom stereocenters. The van der Waals surface area contributed by atoms with Crippen LogP contribution in [-0.4, -0.2) is 20.7 Å². The number of hydrogen-bond acceptors (Lipinski definition) is 6. The highest BCUT2D eigenvalue weighted by Crippen LogP contribution is 2.26. The minimum Gasteiger partial charge on any atom is -0.439 e. The highest BCUT2D eigenvalue weighted by Gasteiger charge is 2.14. The number of thiazole rings is 1. The molecule has 4 rings (SSSR count). The Labute approximate surface area is 202 Å². The van der Waals surface area contributed by atoms with E-state index in [-0.39, 0.29) is 5.78 Å². The molecule has 0 aliphatic heterocycles. The van der Waals surface area contributed by atoms with E-state index in [1.54, 1.807) is 30.5 Å². The van der Waals surface area contributed by atoms with E-state index in [9.17, 15) is 4.79 Å². The van der Waals surface area contributed by atoms with Crippen LogP contribution in [0, 0.1) is 6.92 Å². The molecule has 2 aromatic heterocycles. The molecule has 0 spiro atoms. The standard InChI is InChI=1S/C19H13N3O2S.4C2H6/c1-12-10-20-11-21-18(12)24-14-8-6-13(7-9-14)17(23)19-22-15-4-2-3-5-16(15)25-19;4*1-2/h2-11H,1H3;4*1-2H3. The lowest BCUT2D eigenvalue weighted by Crippen LogP contribution is -2.00.